The largest absolute Gasteiger partial charge is 0.481 e. The van der Waals surface area contributed by atoms with Gasteiger partial charge in [0.2, 0.25) is 53.2 Å². The van der Waals surface area contributed by atoms with Crippen molar-refractivity contribution in [2.75, 3.05) is 24.6 Å². The maximum absolute atomic E-state index is 14.2. The van der Waals surface area contributed by atoms with Crippen LogP contribution in [-0.2, 0) is 52.7 Å². The Morgan fingerprint density at radius 1 is 0.579 bits per heavy atom. The first kappa shape index (κ1) is 68.1. The molecule has 0 unspecified atom stereocenters. The molecule has 0 spiro atoms. The molecule has 0 aromatic heterocycles. The van der Waals surface area contributed by atoms with Crippen LogP contribution >= 0.6 is 25.3 Å². The number of guanidine groups is 1. The molecule has 16 N–H and O–H groups in total. The Morgan fingerprint density at radius 2 is 1.05 bits per heavy atom. The molecular formula is C48H85N13O13S2. The van der Waals surface area contributed by atoms with Gasteiger partial charge in [0.1, 0.15) is 54.4 Å². The molecule has 432 valence electrons. The lowest BCUT2D eigenvalue weighted by Gasteiger charge is -2.32. The number of amides is 9. The number of hydrogen-bond donors (Lipinski definition) is 15. The number of thiol groups is 2. The van der Waals surface area contributed by atoms with E-state index in [2.05, 4.69) is 72.8 Å². The summed E-state index contributed by atoms with van der Waals surface area (Å²) >= 11 is 8.00. The normalized spacial score (nSPS) is 16.9. The molecular weight excluding hydrogens is 1030 g/mol. The molecule has 1 saturated heterocycles. The Morgan fingerprint density at radius 3 is 1.54 bits per heavy atom. The fourth-order valence-electron chi connectivity index (χ4n) is 8.00. The van der Waals surface area contributed by atoms with Gasteiger partial charge in [-0.2, -0.15) is 25.3 Å². The minimum absolute atomic E-state index is 0.00277. The van der Waals surface area contributed by atoms with Crippen LogP contribution in [-0.4, -0.2) is 171 Å². The van der Waals surface area contributed by atoms with Crippen molar-refractivity contribution in [1.29, 1.82) is 0 Å². The minimum Gasteiger partial charge on any atom is -0.481 e. The molecule has 76 heavy (non-hydrogen) atoms. The number of nitrogens with one attached hydrogen (secondary N) is 8. The lowest BCUT2D eigenvalue weighted by molar-refractivity contribution is -0.144. The summed E-state index contributed by atoms with van der Waals surface area (Å²) in [7, 11) is 0. The average molecular weight is 1120 g/mol. The van der Waals surface area contributed by atoms with Gasteiger partial charge in [-0.05, 0) is 82.0 Å². The Kier molecular flexibility index (Phi) is 30.5. The molecule has 1 heterocycles. The Labute approximate surface area is 456 Å². The number of aliphatic imine (C=N–C) groups is 1. The minimum atomic E-state index is -1.57. The first-order chi connectivity index (χ1) is 35.4. The van der Waals surface area contributed by atoms with E-state index >= 15 is 0 Å². The highest BCUT2D eigenvalue weighted by Crippen LogP contribution is 2.22. The maximum Gasteiger partial charge on any atom is 0.327 e. The van der Waals surface area contributed by atoms with Crippen molar-refractivity contribution in [3.8, 4) is 0 Å². The Bertz CT molecular complexity index is 2040. The number of nitrogens with zero attached hydrogens (tertiary/aromatic N) is 2. The standard InChI is InChI=1S/C48H85N13O13S2/c1-23(2)18-31(56-40(66)29(12-10-16-52-48(50)51)54-38(64)27(9)53-39(65)28(49)21-75)42(68)55-30(14-15-36(62)63)41(67)60-37(26(7)8)45(71)57-32(19-24(3)4)43(69)58-33(20-25(5)6)46(72)61-17-11-13-35(61)44(70)59-34(22-76)47(73)74/h23-35,37,75-76H,10-22,49H2,1-9H3,(H,53,65)(H,54,64)(H,55,68)(H,56,66)(H,57,71)(H,58,69)(H,59,70)(H,60,67)(H,62,63)(H,73,74)(H4,50,51,52)/t27-,28-,29-,30-,31-,32-,33-,34-,35-,37-/m0/s1. The highest BCUT2D eigenvalue weighted by Gasteiger charge is 2.41. The van der Waals surface area contributed by atoms with Crippen molar-refractivity contribution < 1.29 is 63.0 Å². The van der Waals surface area contributed by atoms with E-state index < -0.39 is 144 Å². The molecule has 0 aromatic carbocycles. The molecule has 10 atom stereocenters. The zero-order valence-electron chi connectivity index (χ0n) is 45.2. The SMILES string of the molecule is CC(C)C[C@H](NC(=O)[C@H](CCCN=C(N)N)NC(=O)[C@H](C)NC(=O)[C@@H](N)CS)C(=O)N[C@@H](CCC(=O)O)C(=O)N[C@H](C(=O)N[C@@H](CC(C)C)C(=O)N[C@@H](CC(C)C)C(=O)N1CCC[C@H]1C(=O)N[C@@H](CS)C(=O)O)C(C)C. The van der Waals surface area contributed by atoms with E-state index in [-0.39, 0.29) is 86.8 Å². The summed E-state index contributed by atoms with van der Waals surface area (Å²) in [6.07, 6.45) is 0.0164. The second-order valence-corrected chi connectivity index (χ2v) is 21.3. The number of aliphatic carboxylic acids is 2. The van der Waals surface area contributed by atoms with Crippen LogP contribution in [0, 0.1) is 23.7 Å². The molecule has 0 aliphatic carbocycles. The summed E-state index contributed by atoms with van der Waals surface area (Å²) in [6, 6.07) is -12.4. The van der Waals surface area contributed by atoms with Crippen LogP contribution in [0.25, 0.3) is 0 Å². The molecule has 0 aromatic rings. The molecule has 1 rings (SSSR count). The van der Waals surface area contributed by atoms with E-state index in [1.807, 2.05) is 13.8 Å². The van der Waals surface area contributed by atoms with Gasteiger partial charge in [0.05, 0.1) is 6.04 Å². The van der Waals surface area contributed by atoms with Crippen molar-refractivity contribution in [2.45, 2.75) is 181 Å². The van der Waals surface area contributed by atoms with E-state index in [1.54, 1.807) is 41.5 Å². The highest BCUT2D eigenvalue weighted by atomic mass is 32.1. The second-order valence-electron chi connectivity index (χ2n) is 20.6. The summed E-state index contributed by atoms with van der Waals surface area (Å²) in [5.74, 6) is -11.1. The molecule has 0 saturated carbocycles. The average Bonchev–Trinajstić information content (AvgIpc) is 3.82. The van der Waals surface area contributed by atoms with Gasteiger partial charge in [-0.3, -0.25) is 52.9 Å². The Hall–Kier alpha value is -5.90. The summed E-state index contributed by atoms with van der Waals surface area (Å²) in [6.45, 7) is 15.6. The first-order valence-electron chi connectivity index (χ1n) is 25.6. The van der Waals surface area contributed by atoms with Gasteiger partial charge in [0.25, 0.3) is 0 Å². The molecule has 1 aliphatic heterocycles. The monoisotopic (exact) mass is 1120 g/mol. The van der Waals surface area contributed by atoms with Crippen LogP contribution in [0.2, 0.25) is 0 Å². The molecule has 0 bridgehead atoms. The lowest BCUT2D eigenvalue weighted by Crippen LogP contribution is -2.61. The predicted molar refractivity (Wildman–Crippen MR) is 289 cm³/mol. The summed E-state index contributed by atoms with van der Waals surface area (Å²) in [5.41, 5.74) is 16.6. The smallest absolute Gasteiger partial charge is 0.327 e. The van der Waals surface area contributed by atoms with Crippen LogP contribution in [0.15, 0.2) is 4.99 Å². The fourth-order valence-corrected chi connectivity index (χ4v) is 8.41. The van der Waals surface area contributed by atoms with Gasteiger partial charge < -0.3 is 74.8 Å². The third-order valence-electron chi connectivity index (χ3n) is 12.0. The molecule has 0 radical (unpaired) electrons. The van der Waals surface area contributed by atoms with E-state index in [0.29, 0.717) is 6.42 Å². The van der Waals surface area contributed by atoms with Gasteiger partial charge in [0, 0.05) is 31.0 Å². The van der Waals surface area contributed by atoms with Crippen LogP contribution < -0.4 is 59.7 Å². The van der Waals surface area contributed by atoms with Crippen molar-refractivity contribution >= 4 is 96.3 Å². The predicted octanol–water partition coefficient (Wildman–Crippen LogP) is -2.14. The summed E-state index contributed by atoms with van der Waals surface area (Å²) in [4.78, 5) is 152. The summed E-state index contributed by atoms with van der Waals surface area (Å²) in [5, 5.41) is 39.8. The number of rotatable bonds is 34. The van der Waals surface area contributed by atoms with E-state index in [4.69, 9.17) is 17.2 Å². The maximum atomic E-state index is 14.2. The number of carbonyl (C=O) groups is 11. The fraction of sp³-hybridized carbons (Fsp3) is 0.750. The van der Waals surface area contributed by atoms with Crippen molar-refractivity contribution in [2.24, 2.45) is 45.9 Å². The summed E-state index contributed by atoms with van der Waals surface area (Å²) < 4.78 is 0. The van der Waals surface area contributed by atoms with Crippen molar-refractivity contribution in [3.63, 3.8) is 0 Å². The number of carbonyl (C=O) groups excluding carboxylic acids is 9. The van der Waals surface area contributed by atoms with E-state index in [9.17, 15) is 63.0 Å². The second kappa shape index (κ2) is 34.0. The van der Waals surface area contributed by atoms with Crippen molar-refractivity contribution in [3.05, 3.63) is 0 Å². The highest BCUT2D eigenvalue weighted by molar-refractivity contribution is 7.80. The van der Waals surface area contributed by atoms with E-state index in [1.165, 1.54) is 11.8 Å². The molecule has 9 amide bonds. The van der Waals surface area contributed by atoms with Crippen molar-refractivity contribution in [1.82, 2.24) is 47.4 Å². The molecule has 1 aliphatic rings. The van der Waals surface area contributed by atoms with Crippen LogP contribution in [0.3, 0.4) is 0 Å². The van der Waals surface area contributed by atoms with Crippen LogP contribution in [0.1, 0.15) is 120 Å². The molecule has 26 nitrogen and oxygen atoms in total. The first-order valence-corrected chi connectivity index (χ1v) is 26.9. The van der Waals surface area contributed by atoms with Gasteiger partial charge in [-0.15, -0.1) is 0 Å². The zero-order chi connectivity index (χ0) is 58.1. The van der Waals surface area contributed by atoms with E-state index in [0.717, 1.165) is 0 Å². The number of carboxylic acids is 2. The number of nitrogens with two attached hydrogens (primary N) is 3. The van der Waals surface area contributed by atoms with Crippen LogP contribution in [0.4, 0.5) is 0 Å². The Balaban J connectivity index is 3.47. The van der Waals surface area contributed by atoms with Crippen LogP contribution in [0.5, 0.6) is 0 Å². The third kappa shape index (κ3) is 24.4. The molecule has 28 heteroatoms. The molecule has 1 fully saturated rings. The topological polar surface area (TPSA) is 418 Å². The third-order valence-corrected chi connectivity index (χ3v) is 12.8. The number of hydrogen-bond acceptors (Lipinski definition) is 15. The van der Waals surface area contributed by atoms with Gasteiger partial charge in [-0.1, -0.05) is 55.4 Å². The zero-order valence-corrected chi connectivity index (χ0v) is 47.0. The number of likely N-dealkylation sites (tertiary alicyclic amines) is 1. The van der Waals surface area contributed by atoms with Gasteiger partial charge in [0.15, 0.2) is 5.96 Å². The number of carboxylic acid groups (broad SMARTS) is 2. The lowest BCUT2D eigenvalue weighted by atomic mass is 9.98. The quantitative estimate of drug-likeness (QED) is 0.0142. The van der Waals surface area contributed by atoms with Gasteiger partial charge in [-0.25, -0.2) is 4.79 Å². The van der Waals surface area contributed by atoms with Gasteiger partial charge >= 0.3 is 11.9 Å².